The Kier molecular flexibility index (Phi) is 9.68. The fourth-order valence-electron chi connectivity index (χ4n) is 0.626. The van der Waals surface area contributed by atoms with Crippen LogP contribution in [-0.4, -0.2) is 0 Å². The van der Waals surface area contributed by atoms with Gasteiger partial charge in [-0.3, -0.25) is 0 Å². The Hall–Kier alpha value is -0.170. The van der Waals surface area contributed by atoms with Crippen LogP contribution >= 0.6 is 11.8 Å². The van der Waals surface area contributed by atoms with Crippen molar-refractivity contribution in [1.82, 2.24) is 0 Å². The average Bonchev–Trinajstić information content (AvgIpc) is 2.03. The van der Waals surface area contributed by atoms with Crippen LogP contribution in [0.25, 0.3) is 0 Å². The zero-order valence-electron chi connectivity index (χ0n) is 7.55. The first kappa shape index (κ1) is 10.8. The van der Waals surface area contributed by atoms with Gasteiger partial charge in [-0.25, -0.2) is 0 Å². The molecule has 0 saturated heterocycles. The molecule has 0 saturated carbocycles. The van der Waals surface area contributed by atoms with E-state index in [9.17, 15) is 0 Å². The molecule has 0 atom stereocenters. The molecule has 0 amide bonds. The molecule has 0 unspecified atom stereocenters. The van der Waals surface area contributed by atoms with Crippen LogP contribution in [0, 0.1) is 0 Å². The van der Waals surface area contributed by atoms with Crippen molar-refractivity contribution in [3.8, 4) is 0 Å². The third-order valence-electron chi connectivity index (χ3n) is 1.26. The smallest absolute Gasteiger partial charge is 0.0288 e. The normalized spacial score (nSPS) is 11.8. The van der Waals surface area contributed by atoms with Crippen molar-refractivity contribution in [2.75, 3.05) is 0 Å². The van der Waals surface area contributed by atoms with Crippen molar-refractivity contribution in [3.63, 3.8) is 0 Å². The summed E-state index contributed by atoms with van der Waals surface area (Å²) in [4.78, 5) is 0. The van der Waals surface area contributed by atoms with E-state index in [1.807, 2.05) is 0 Å². The maximum absolute atomic E-state index is 2.22. The second-order valence-corrected chi connectivity index (χ2v) is 3.27. The molecule has 64 valence electrons. The molecular formula is C10H18S. The van der Waals surface area contributed by atoms with E-state index >= 15 is 0 Å². The molecule has 0 aliphatic carbocycles. The summed E-state index contributed by atoms with van der Waals surface area (Å²) in [5.41, 5.74) is 0. The molecule has 0 aliphatic rings. The number of allylic oxidation sites excluding steroid dienone is 2. The number of unbranched alkanes of at least 4 members (excludes halogenated alkanes) is 2. The lowest BCUT2D eigenvalue weighted by Crippen LogP contribution is -1.59. The molecule has 0 N–H and O–H groups in total. The van der Waals surface area contributed by atoms with E-state index in [-0.39, 0.29) is 0 Å². The summed E-state index contributed by atoms with van der Waals surface area (Å²) >= 11 is 1.77. The summed E-state index contributed by atoms with van der Waals surface area (Å²) in [6.45, 7) is 4.39. The third-order valence-corrected chi connectivity index (χ3v) is 1.96. The minimum atomic E-state index is 1.20. The maximum Gasteiger partial charge on any atom is -0.0288 e. The summed E-state index contributed by atoms with van der Waals surface area (Å²) < 4.78 is 0. The highest BCUT2D eigenvalue weighted by molar-refractivity contribution is 8.04. The van der Waals surface area contributed by atoms with E-state index in [0.29, 0.717) is 0 Å². The molecule has 0 aliphatic heterocycles. The van der Waals surface area contributed by atoms with Crippen molar-refractivity contribution in [1.29, 1.82) is 0 Å². The predicted octanol–water partition coefficient (Wildman–Crippen LogP) is 4.35. The molecule has 0 bridgehead atoms. The van der Waals surface area contributed by atoms with Gasteiger partial charge in [0.05, 0.1) is 0 Å². The molecule has 1 heteroatoms. The Labute approximate surface area is 74.8 Å². The van der Waals surface area contributed by atoms with Crippen molar-refractivity contribution in [2.24, 2.45) is 0 Å². The molecule has 0 radical (unpaired) electrons. The van der Waals surface area contributed by atoms with Crippen LogP contribution in [0.1, 0.15) is 39.5 Å². The first-order valence-corrected chi connectivity index (χ1v) is 5.31. The minimum Gasteiger partial charge on any atom is -0.107 e. The molecule has 0 aromatic carbocycles. The molecular weight excluding hydrogens is 152 g/mol. The minimum absolute atomic E-state index is 1.20. The van der Waals surface area contributed by atoms with Gasteiger partial charge in [0.2, 0.25) is 0 Å². The highest BCUT2D eigenvalue weighted by Crippen LogP contribution is 2.06. The largest absolute Gasteiger partial charge is 0.107 e. The van der Waals surface area contributed by atoms with Crippen molar-refractivity contribution < 1.29 is 0 Å². The Bertz CT molecular complexity index is 100. The molecule has 0 aromatic rings. The lowest BCUT2D eigenvalue weighted by Gasteiger charge is -1.84. The van der Waals surface area contributed by atoms with Gasteiger partial charge in [0.1, 0.15) is 0 Å². The summed E-state index contributed by atoms with van der Waals surface area (Å²) in [5.74, 6) is 0. The maximum atomic E-state index is 2.22. The van der Waals surface area contributed by atoms with Crippen LogP contribution < -0.4 is 0 Å². The van der Waals surface area contributed by atoms with Crippen LogP contribution in [0.4, 0.5) is 0 Å². The Morgan fingerprint density at radius 2 is 1.36 bits per heavy atom. The molecule has 11 heavy (non-hydrogen) atoms. The predicted molar refractivity (Wildman–Crippen MR) is 55.7 cm³/mol. The fourth-order valence-corrected chi connectivity index (χ4v) is 1.21. The lowest BCUT2D eigenvalue weighted by atomic mass is 10.3. The monoisotopic (exact) mass is 170 g/mol. The van der Waals surface area contributed by atoms with Crippen molar-refractivity contribution in [2.45, 2.75) is 39.5 Å². The second-order valence-electron chi connectivity index (χ2n) is 2.46. The average molecular weight is 170 g/mol. The number of thioether (sulfide) groups is 1. The molecule has 0 nitrogen and oxygen atoms in total. The number of rotatable bonds is 6. The third kappa shape index (κ3) is 9.83. The van der Waals surface area contributed by atoms with E-state index in [4.69, 9.17) is 0 Å². The molecule has 0 spiro atoms. The van der Waals surface area contributed by atoms with Gasteiger partial charge < -0.3 is 0 Å². The Balaban J connectivity index is 3.11. The number of hydrogen-bond acceptors (Lipinski definition) is 1. The Morgan fingerprint density at radius 1 is 0.909 bits per heavy atom. The number of hydrogen-bond donors (Lipinski definition) is 0. The van der Waals surface area contributed by atoms with Gasteiger partial charge in [0, 0.05) is 0 Å². The topological polar surface area (TPSA) is 0 Å². The van der Waals surface area contributed by atoms with Gasteiger partial charge in [0.15, 0.2) is 0 Å². The van der Waals surface area contributed by atoms with Crippen LogP contribution in [0.3, 0.4) is 0 Å². The van der Waals surface area contributed by atoms with Crippen molar-refractivity contribution in [3.05, 3.63) is 23.0 Å². The van der Waals surface area contributed by atoms with E-state index in [2.05, 4.69) is 36.8 Å². The van der Waals surface area contributed by atoms with Gasteiger partial charge >= 0.3 is 0 Å². The van der Waals surface area contributed by atoms with E-state index in [1.165, 1.54) is 25.7 Å². The Morgan fingerprint density at radius 3 is 1.73 bits per heavy atom. The SMILES string of the molecule is CCCC=CSC=CCCC. The fraction of sp³-hybridized carbons (Fsp3) is 0.600. The van der Waals surface area contributed by atoms with Crippen LogP contribution in [0.15, 0.2) is 23.0 Å². The van der Waals surface area contributed by atoms with Crippen molar-refractivity contribution >= 4 is 11.8 Å². The standard InChI is InChI=1S/C10H18S/c1-3-5-7-9-11-10-8-6-4-2/h7-10H,3-6H2,1-2H3. The summed E-state index contributed by atoms with van der Waals surface area (Å²) in [7, 11) is 0. The zero-order valence-corrected chi connectivity index (χ0v) is 8.36. The van der Waals surface area contributed by atoms with Gasteiger partial charge in [-0.2, -0.15) is 0 Å². The van der Waals surface area contributed by atoms with E-state index in [0.717, 1.165) is 0 Å². The molecule has 0 fully saturated rings. The van der Waals surface area contributed by atoms with Crippen LogP contribution in [0.5, 0.6) is 0 Å². The van der Waals surface area contributed by atoms with Gasteiger partial charge in [-0.05, 0) is 23.7 Å². The highest BCUT2D eigenvalue weighted by atomic mass is 32.2. The van der Waals surface area contributed by atoms with Gasteiger partial charge in [0.25, 0.3) is 0 Å². The summed E-state index contributed by atoms with van der Waals surface area (Å²) in [6.07, 6.45) is 9.34. The molecule has 0 heterocycles. The van der Waals surface area contributed by atoms with Gasteiger partial charge in [-0.15, -0.1) is 11.8 Å². The van der Waals surface area contributed by atoms with E-state index in [1.54, 1.807) is 11.8 Å². The first-order chi connectivity index (χ1) is 5.41. The summed E-state index contributed by atoms with van der Waals surface area (Å²) in [6, 6.07) is 0. The van der Waals surface area contributed by atoms with E-state index < -0.39 is 0 Å². The van der Waals surface area contributed by atoms with Crippen LogP contribution in [-0.2, 0) is 0 Å². The molecule has 0 aromatic heterocycles. The highest BCUT2D eigenvalue weighted by Gasteiger charge is 1.74. The van der Waals surface area contributed by atoms with Gasteiger partial charge in [-0.1, -0.05) is 38.8 Å². The molecule has 0 rings (SSSR count). The summed E-state index contributed by atoms with van der Waals surface area (Å²) in [5, 5.41) is 4.32. The first-order valence-electron chi connectivity index (χ1n) is 4.37. The lowest BCUT2D eigenvalue weighted by molar-refractivity contribution is 0.960. The van der Waals surface area contributed by atoms with Crippen LogP contribution in [0.2, 0.25) is 0 Å². The second kappa shape index (κ2) is 9.83. The zero-order chi connectivity index (χ0) is 8.36. The quantitative estimate of drug-likeness (QED) is 0.571.